The topological polar surface area (TPSA) is 101 Å². The number of nitrogens with two attached hydrogens (primary N) is 1. The maximum absolute atomic E-state index is 12.5. The molecule has 0 bridgehead atoms. The Hall–Kier alpha value is -2.93. The van der Waals surface area contributed by atoms with Gasteiger partial charge in [-0.25, -0.2) is 4.98 Å². The van der Waals surface area contributed by atoms with Crippen LogP contribution in [0.1, 0.15) is 15.9 Å². The minimum atomic E-state index is -4.51. The van der Waals surface area contributed by atoms with Crippen LogP contribution in [0.25, 0.3) is 0 Å². The fourth-order valence-electron chi connectivity index (χ4n) is 1.76. The first kappa shape index (κ1) is 18.4. The van der Waals surface area contributed by atoms with Crippen LogP contribution in [0.4, 0.5) is 24.7 Å². The van der Waals surface area contributed by atoms with Crippen molar-refractivity contribution in [3.05, 3.63) is 45.7 Å². The minimum absolute atomic E-state index is 0.0717. The fourth-order valence-corrected chi connectivity index (χ4v) is 2.31. The first-order valence-corrected chi connectivity index (χ1v) is 7.65. The number of hydrogen-bond donors (Lipinski definition) is 3. The summed E-state index contributed by atoms with van der Waals surface area (Å²) in [5, 5.41) is 2.42. The van der Waals surface area contributed by atoms with Gasteiger partial charge in [0.15, 0.2) is 11.0 Å². The summed E-state index contributed by atoms with van der Waals surface area (Å²) in [6.45, 7) is 0. The number of thioether (sulfide) groups is 1. The SMILES string of the molecule is C#CCSc1nc(N)c(NC(=O)c2ccc(C(F)(F)F)cc2)c(=O)[nH]1. The van der Waals surface area contributed by atoms with E-state index in [4.69, 9.17) is 12.2 Å². The van der Waals surface area contributed by atoms with Gasteiger partial charge in [-0.15, -0.1) is 6.42 Å². The highest BCUT2D eigenvalue weighted by Gasteiger charge is 2.30. The van der Waals surface area contributed by atoms with Crippen molar-refractivity contribution in [3.8, 4) is 12.3 Å². The van der Waals surface area contributed by atoms with Crippen LogP contribution in [0.3, 0.4) is 0 Å². The van der Waals surface area contributed by atoms with Gasteiger partial charge >= 0.3 is 6.18 Å². The summed E-state index contributed by atoms with van der Waals surface area (Å²) in [6.07, 6.45) is 0.593. The van der Waals surface area contributed by atoms with Crippen LogP contribution in [-0.4, -0.2) is 21.6 Å². The van der Waals surface area contributed by atoms with Gasteiger partial charge in [0, 0.05) is 5.56 Å². The zero-order chi connectivity index (χ0) is 18.6. The van der Waals surface area contributed by atoms with Crippen molar-refractivity contribution < 1.29 is 18.0 Å². The van der Waals surface area contributed by atoms with Gasteiger partial charge in [0.05, 0.1) is 11.3 Å². The summed E-state index contributed by atoms with van der Waals surface area (Å²) in [6, 6.07) is 3.51. The molecule has 2 rings (SSSR count). The normalized spacial score (nSPS) is 11.0. The molecule has 1 heterocycles. The van der Waals surface area contributed by atoms with Crippen LogP contribution in [0.5, 0.6) is 0 Å². The molecule has 0 fully saturated rings. The standard InChI is InChI=1S/C15H11F3N4O2S/c1-2-7-25-14-21-11(19)10(13(24)22-14)20-12(23)8-3-5-9(6-4-8)15(16,17)18/h1,3-6H,7H2,(H,20,23)(H3,19,21,22,24). The first-order valence-electron chi connectivity index (χ1n) is 6.67. The summed E-state index contributed by atoms with van der Waals surface area (Å²) in [5.41, 5.74) is 3.68. The Morgan fingerprint density at radius 2 is 2.00 bits per heavy atom. The van der Waals surface area contributed by atoms with Gasteiger partial charge < -0.3 is 11.1 Å². The second-order valence-corrected chi connectivity index (χ2v) is 5.62. The quantitative estimate of drug-likeness (QED) is 0.437. The Labute approximate surface area is 144 Å². The fraction of sp³-hybridized carbons (Fsp3) is 0.133. The third-order valence-electron chi connectivity index (χ3n) is 2.93. The number of carbonyl (C=O) groups is 1. The van der Waals surface area contributed by atoms with E-state index in [0.717, 1.165) is 36.0 Å². The summed E-state index contributed by atoms with van der Waals surface area (Å²) < 4.78 is 37.5. The van der Waals surface area contributed by atoms with Gasteiger partial charge in [0.2, 0.25) is 0 Å². The molecular weight excluding hydrogens is 357 g/mol. The van der Waals surface area contributed by atoms with Gasteiger partial charge in [0.25, 0.3) is 11.5 Å². The number of aromatic amines is 1. The Balaban J connectivity index is 2.21. The first-order chi connectivity index (χ1) is 11.7. The van der Waals surface area contributed by atoms with Crippen LogP contribution >= 0.6 is 11.8 Å². The monoisotopic (exact) mass is 368 g/mol. The van der Waals surface area contributed by atoms with Crippen LogP contribution in [0.2, 0.25) is 0 Å². The summed E-state index contributed by atoms with van der Waals surface area (Å²) in [4.78, 5) is 30.3. The van der Waals surface area contributed by atoms with E-state index in [1.807, 2.05) is 0 Å². The van der Waals surface area contributed by atoms with Gasteiger partial charge in [0.1, 0.15) is 5.69 Å². The molecule has 0 spiro atoms. The van der Waals surface area contributed by atoms with Crippen LogP contribution in [-0.2, 0) is 6.18 Å². The molecule has 2 aromatic rings. The number of aromatic nitrogens is 2. The molecule has 1 aromatic heterocycles. The number of carbonyl (C=O) groups excluding carboxylic acids is 1. The van der Waals surface area contributed by atoms with Gasteiger partial charge in [-0.3, -0.25) is 14.6 Å². The number of nitrogens with one attached hydrogen (secondary N) is 2. The average Bonchev–Trinajstić information content (AvgIpc) is 2.55. The number of amides is 1. The molecule has 25 heavy (non-hydrogen) atoms. The second-order valence-electron chi connectivity index (χ2n) is 4.65. The van der Waals surface area contributed by atoms with Crippen molar-refractivity contribution in [2.24, 2.45) is 0 Å². The number of terminal acetylenes is 1. The molecule has 130 valence electrons. The molecule has 0 atom stereocenters. The lowest BCUT2D eigenvalue weighted by Crippen LogP contribution is -2.23. The number of nitrogen functional groups attached to an aromatic ring is 1. The predicted molar refractivity (Wildman–Crippen MR) is 88.2 cm³/mol. The summed E-state index contributed by atoms with van der Waals surface area (Å²) in [5.74, 6) is 1.58. The molecule has 0 aliphatic rings. The maximum Gasteiger partial charge on any atom is 0.416 e. The van der Waals surface area contributed by atoms with Crippen molar-refractivity contribution in [1.29, 1.82) is 0 Å². The highest BCUT2D eigenvalue weighted by atomic mass is 32.2. The molecule has 10 heteroatoms. The van der Waals surface area contributed by atoms with Crippen LogP contribution in [0.15, 0.2) is 34.2 Å². The van der Waals surface area contributed by atoms with Crippen molar-refractivity contribution in [2.75, 3.05) is 16.8 Å². The van der Waals surface area contributed by atoms with E-state index in [2.05, 4.69) is 21.2 Å². The highest BCUT2D eigenvalue weighted by molar-refractivity contribution is 7.99. The molecule has 0 aliphatic heterocycles. The van der Waals surface area contributed by atoms with E-state index in [9.17, 15) is 22.8 Å². The number of hydrogen-bond acceptors (Lipinski definition) is 5. The highest BCUT2D eigenvalue weighted by Crippen LogP contribution is 2.29. The number of benzene rings is 1. The molecule has 0 saturated carbocycles. The third kappa shape index (κ3) is 4.54. The van der Waals surface area contributed by atoms with Gasteiger partial charge in [-0.2, -0.15) is 13.2 Å². The number of alkyl halides is 3. The lowest BCUT2D eigenvalue weighted by molar-refractivity contribution is -0.137. The Bertz CT molecular complexity index is 886. The molecule has 0 aliphatic carbocycles. The van der Waals surface area contributed by atoms with Crippen molar-refractivity contribution in [2.45, 2.75) is 11.3 Å². The number of rotatable bonds is 4. The van der Waals surface area contributed by atoms with E-state index in [-0.39, 0.29) is 28.0 Å². The van der Waals surface area contributed by atoms with Crippen LogP contribution < -0.4 is 16.6 Å². The maximum atomic E-state index is 12.5. The van der Waals surface area contributed by atoms with Gasteiger partial charge in [-0.05, 0) is 24.3 Å². The Morgan fingerprint density at radius 1 is 1.36 bits per heavy atom. The zero-order valence-corrected chi connectivity index (χ0v) is 13.3. The molecule has 0 radical (unpaired) electrons. The van der Waals surface area contributed by atoms with Crippen molar-refractivity contribution >= 4 is 29.2 Å². The lowest BCUT2D eigenvalue weighted by Gasteiger charge is -2.09. The predicted octanol–water partition coefficient (Wildman–Crippen LogP) is 2.35. The third-order valence-corrected chi connectivity index (χ3v) is 3.71. The van der Waals surface area contributed by atoms with E-state index in [1.54, 1.807) is 0 Å². The smallest absolute Gasteiger partial charge is 0.382 e. The Kier molecular flexibility index (Phi) is 5.38. The summed E-state index contributed by atoms with van der Waals surface area (Å²) >= 11 is 1.07. The second kappa shape index (κ2) is 7.31. The average molecular weight is 368 g/mol. The van der Waals surface area contributed by atoms with E-state index < -0.39 is 23.2 Å². The molecule has 1 amide bonds. The largest absolute Gasteiger partial charge is 0.416 e. The summed E-state index contributed by atoms with van der Waals surface area (Å²) in [7, 11) is 0. The van der Waals surface area contributed by atoms with Crippen molar-refractivity contribution in [3.63, 3.8) is 0 Å². The van der Waals surface area contributed by atoms with E-state index in [1.165, 1.54) is 0 Å². The zero-order valence-electron chi connectivity index (χ0n) is 12.5. The van der Waals surface area contributed by atoms with Crippen LogP contribution in [0, 0.1) is 12.3 Å². The molecule has 4 N–H and O–H groups in total. The number of H-pyrrole nitrogens is 1. The lowest BCUT2D eigenvalue weighted by atomic mass is 10.1. The van der Waals surface area contributed by atoms with E-state index >= 15 is 0 Å². The Morgan fingerprint density at radius 3 is 2.52 bits per heavy atom. The van der Waals surface area contributed by atoms with Gasteiger partial charge in [-0.1, -0.05) is 17.7 Å². The number of anilines is 2. The van der Waals surface area contributed by atoms with E-state index in [0.29, 0.717) is 0 Å². The molecule has 0 saturated heterocycles. The molecular formula is C15H11F3N4O2S. The minimum Gasteiger partial charge on any atom is -0.382 e. The molecule has 0 unspecified atom stereocenters. The molecule has 6 nitrogen and oxygen atoms in total. The number of halogens is 3. The number of nitrogens with zero attached hydrogens (tertiary/aromatic N) is 1. The molecule has 1 aromatic carbocycles. The van der Waals surface area contributed by atoms with Crippen molar-refractivity contribution in [1.82, 2.24) is 9.97 Å².